The first-order chi connectivity index (χ1) is 16.2. The molecular formula is C21H22F3N5O4S. The van der Waals surface area contributed by atoms with Crippen LogP contribution < -0.4 is 10.4 Å². The number of allylic oxidation sites excluding steroid dienone is 4. The Bertz CT molecular complexity index is 1240. The number of halogens is 3. The van der Waals surface area contributed by atoms with Gasteiger partial charge in [0.15, 0.2) is 16.5 Å². The van der Waals surface area contributed by atoms with Crippen molar-refractivity contribution < 1.29 is 27.8 Å². The van der Waals surface area contributed by atoms with Crippen molar-refractivity contribution in [3.8, 4) is 16.3 Å². The van der Waals surface area contributed by atoms with Crippen molar-refractivity contribution in [2.45, 2.75) is 32.2 Å². The number of aromatic hydroxyl groups is 1. The van der Waals surface area contributed by atoms with Gasteiger partial charge in [0.1, 0.15) is 35.7 Å². The monoisotopic (exact) mass is 497 g/mol. The SMILES string of the molecule is CCC(OC)N1CN(C)C(=O)c2c(O)c(=O)c(-c3nnc(CC4C(F)=CC(F)=CC4F)s3)cn21. The molecule has 0 radical (unpaired) electrons. The number of methoxy groups -OCH3 is 1. The highest BCUT2D eigenvalue weighted by Crippen LogP contribution is 2.33. The summed E-state index contributed by atoms with van der Waals surface area (Å²) in [4.78, 5) is 27.0. The Hall–Kier alpha value is -3.19. The van der Waals surface area contributed by atoms with Crippen molar-refractivity contribution in [3.05, 3.63) is 50.9 Å². The summed E-state index contributed by atoms with van der Waals surface area (Å²) in [5.74, 6) is -4.49. The molecule has 2 aliphatic rings. The van der Waals surface area contributed by atoms with Crippen LogP contribution in [0.25, 0.3) is 10.6 Å². The number of hydrogen-bond donors (Lipinski definition) is 1. The highest BCUT2D eigenvalue weighted by atomic mass is 32.1. The third-order valence-corrected chi connectivity index (χ3v) is 6.70. The topological polar surface area (TPSA) is 101 Å². The molecule has 9 nitrogen and oxygen atoms in total. The van der Waals surface area contributed by atoms with E-state index in [1.807, 2.05) is 6.92 Å². The molecular weight excluding hydrogens is 475 g/mol. The molecule has 2 aromatic rings. The number of alkyl halides is 1. The third kappa shape index (κ3) is 4.09. The second-order valence-electron chi connectivity index (χ2n) is 7.93. The third-order valence-electron chi connectivity index (χ3n) is 5.73. The average molecular weight is 497 g/mol. The first kappa shape index (κ1) is 24.0. The van der Waals surface area contributed by atoms with Gasteiger partial charge in [-0.1, -0.05) is 18.3 Å². The van der Waals surface area contributed by atoms with E-state index in [0.717, 1.165) is 11.3 Å². The van der Waals surface area contributed by atoms with Crippen molar-refractivity contribution in [2.24, 2.45) is 5.92 Å². The molecule has 1 N–H and O–H groups in total. The minimum Gasteiger partial charge on any atom is -0.502 e. The largest absolute Gasteiger partial charge is 0.502 e. The second kappa shape index (κ2) is 9.22. The Morgan fingerprint density at radius 2 is 2.06 bits per heavy atom. The van der Waals surface area contributed by atoms with Gasteiger partial charge in [-0.2, -0.15) is 0 Å². The van der Waals surface area contributed by atoms with E-state index >= 15 is 0 Å². The fourth-order valence-electron chi connectivity index (χ4n) is 3.95. The molecule has 0 bridgehead atoms. The second-order valence-corrected chi connectivity index (χ2v) is 9.00. The Kier molecular flexibility index (Phi) is 6.49. The number of pyridine rings is 1. The van der Waals surface area contributed by atoms with Gasteiger partial charge in [0.05, 0.1) is 11.5 Å². The number of fused-ring (bicyclic) bond motifs is 1. The summed E-state index contributed by atoms with van der Waals surface area (Å²) >= 11 is 0.914. The molecule has 0 saturated carbocycles. The van der Waals surface area contributed by atoms with Crippen molar-refractivity contribution in [3.63, 3.8) is 0 Å². The van der Waals surface area contributed by atoms with Crippen LogP contribution in [0.5, 0.6) is 5.75 Å². The molecule has 1 aliphatic carbocycles. The number of carbonyl (C=O) groups is 1. The lowest BCUT2D eigenvalue weighted by Crippen LogP contribution is -2.57. The molecule has 34 heavy (non-hydrogen) atoms. The average Bonchev–Trinajstić information content (AvgIpc) is 3.25. The molecule has 4 rings (SSSR count). The van der Waals surface area contributed by atoms with Gasteiger partial charge in [0, 0.05) is 32.9 Å². The van der Waals surface area contributed by atoms with Gasteiger partial charge >= 0.3 is 0 Å². The summed E-state index contributed by atoms with van der Waals surface area (Å²) in [6, 6.07) is 0. The minimum atomic E-state index is -1.87. The summed E-state index contributed by atoms with van der Waals surface area (Å²) in [5.41, 5.74) is -1.09. The summed E-state index contributed by atoms with van der Waals surface area (Å²) < 4.78 is 48.3. The van der Waals surface area contributed by atoms with Crippen molar-refractivity contribution in [2.75, 3.05) is 25.8 Å². The van der Waals surface area contributed by atoms with Crippen molar-refractivity contribution >= 4 is 17.2 Å². The molecule has 0 spiro atoms. The predicted molar refractivity (Wildman–Crippen MR) is 118 cm³/mol. The van der Waals surface area contributed by atoms with Crippen LogP contribution >= 0.6 is 11.3 Å². The van der Waals surface area contributed by atoms with Crippen LogP contribution in [0.2, 0.25) is 0 Å². The Morgan fingerprint density at radius 3 is 2.71 bits per heavy atom. The van der Waals surface area contributed by atoms with E-state index in [2.05, 4.69) is 10.2 Å². The van der Waals surface area contributed by atoms with E-state index in [1.165, 1.54) is 29.9 Å². The number of amides is 1. The Balaban J connectivity index is 1.73. The summed E-state index contributed by atoms with van der Waals surface area (Å²) in [6.07, 6.45) is 0.692. The van der Waals surface area contributed by atoms with E-state index in [9.17, 15) is 27.9 Å². The molecule has 0 fully saturated rings. The highest BCUT2D eigenvalue weighted by Gasteiger charge is 2.35. The lowest BCUT2D eigenvalue weighted by molar-refractivity contribution is 0.0449. The molecule has 2 aromatic heterocycles. The standard InChI is InChI=1S/C21H22F3N5O4S/c1-4-16(33-3)29-9-27(2)21(32)17-19(31)18(30)12(8-28(17)29)20-26-25-15(34-20)7-11-13(23)5-10(22)6-14(11)24/h5-6,8,11,13,16,31H,4,7,9H2,1-3H3. The summed E-state index contributed by atoms with van der Waals surface area (Å²) in [6.45, 7) is 2.01. The Labute approximate surface area is 196 Å². The maximum Gasteiger partial charge on any atom is 0.277 e. The van der Waals surface area contributed by atoms with Crippen LogP contribution in [-0.4, -0.2) is 64.0 Å². The van der Waals surface area contributed by atoms with Crippen LogP contribution in [0.4, 0.5) is 13.2 Å². The molecule has 3 unspecified atom stereocenters. The first-order valence-corrected chi connectivity index (χ1v) is 11.2. The van der Waals surface area contributed by atoms with E-state index in [1.54, 1.807) is 5.01 Å². The smallest absolute Gasteiger partial charge is 0.277 e. The van der Waals surface area contributed by atoms with Crippen molar-refractivity contribution in [1.29, 1.82) is 0 Å². The van der Waals surface area contributed by atoms with Crippen LogP contribution in [0.1, 0.15) is 28.8 Å². The molecule has 1 aliphatic heterocycles. The molecule has 13 heteroatoms. The zero-order valence-electron chi connectivity index (χ0n) is 18.5. The first-order valence-electron chi connectivity index (χ1n) is 10.4. The van der Waals surface area contributed by atoms with E-state index in [0.29, 0.717) is 18.6 Å². The van der Waals surface area contributed by atoms with E-state index in [4.69, 9.17) is 4.74 Å². The number of carbonyl (C=O) groups excluding carboxylic acids is 1. The fourth-order valence-corrected chi connectivity index (χ4v) is 4.86. The number of rotatable bonds is 6. The minimum absolute atomic E-state index is 0.0410. The molecule has 0 aromatic carbocycles. The van der Waals surface area contributed by atoms with Gasteiger partial charge in [-0.05, 0) is 12.5 Å². The zero-order chi connectivity index (χ0) is 24.7. The number of nitrogens with zero attached hydrogens (tertiary/aromatic N) is 5. The Morgan fingerprint density at radius 1 is 1.32 bits per heavy atom. The van der Waals surface area contributed by atoms with Gasteiger partial charge in [-0.3, -0.25) is 19.3 Å². The van der Waals surface area contributed by atoms with Gasteiger partial charge in [0.25, 0.3) is 5.91 Å². The molecule has 3 heterocycles. The van der Waals surface area contributed by atoms with E-state index in [-0.39, 0.29) is 34.4 Å². The van der Waals surface area contributed by atoms with Crippen LogP contribution in [0.3, 0.4) is 0 Å². The lowest BCUT2D eigenvalue weighted by atomic mass is 9.94. The predicted octanol–water partition coefficient (Wildman–Crippen LogP) is 2.65. The van der Waals surface area contributed by atoms with Crippen molar-refractivity contribution in [1.82, 2.24) is 19.8 Å². The number of hydrogen-bond acceptors (Lipinski definition) is 8. The number of aromatic nitrogens is 3. The fraction of sp³-hybridized carbons (Fsp3) is 0.429. The molecule has 0 saturated heterocycles. The molecule has 1 amide bonds. The lowest BCUT2D eigenvalue weighted by Gasteiger charge is -2.41. The number of ether oxygens (including phenoxy) is 1. The van der Waals surface area contributed by atoms with Gasteiger partial charge < -0.3 is 14.7 Å². The zero-order valence-corrected chi connectivity index (χ0v) is 19.4. The normalized spacial score (nSPS) is 21.3. The summed E-state index contributed by atoms with van der Waals surface area (Å²) in [5, 5.41) is 20.5. The molecule has 3 atom stereocenters. The van der Waals surface area contributed by atoms with Crippen LogP contribution in [-0.2, 0) is 11.2 Å². The maximum absolute atomic E-state index is 14.1. The van der Waals surface area contributed by atoms with Gasteiger partial charge in [-0.15, -0.1) is 10.2 Å². The van der Waals surface area contributed by atoms with Crippen LogP contribution in [0, 0.1) is 5.92 Å². The summed E-state index contributed by atoms with van der Waals surface area (Å²) in [7, 11) is 3.04. The van der Waals surface area contributed by atoms with Crippen LogP contribution in [0.15, 0.2) is 34.8 Å². The highest BCUT2D eigenvalue weighted by molar-refractivity contribution is 7.14. The van der Waals surface area contributed by atoms with Gasteiger partial charge in [0.2, 0.25) is 5.43 Å². The molecule has 182 valence electrons. The quantitative estimate of drug-likeness (QED) is 0.655. The maximum atomic E-state index is 14.1. The van der Waals surface area contributed by atoms with E-state index < -0.39 is 47.1 Å². The van der Waals surface area contributed by atoms with Gasteiger partial charge in [-0.25, -0.2) is 13.2 Å².